The zero-order valence-electron chi connectivity index (χ0n) is 13.5. The zero-order chi connectivity index (χ0) is 14.6. The van der Waals surface area contributed by atoms with Crippen LogP contribution in [0.5, 0.6) is 0 Å². The van der Waals surface area contributed by atoms with E-state index in [1.165, 1.54) is 6.42 Å². The molecular weight excluding hydrogens is 238 g/mol. The van der Waals surface area contributed by atoms with Crippen LogP contribution >= 0.6 is 0 Å². The van der Waals surface area contributed by atoms with Crippen molar-refractivity contribution < 1.29 is 4.74 Å². The molecule has 4 nitrogen and oxygen atoms in total. The minimum absolute atomic E-state index is 0.360. The van der Waals surface area contributed by atoms with Crippen LogP contribution in [0.15, 0.2) is 4.99 Å². The molecule has 0 fully saturated rings. The van der Waals surface area contributed by atoms with E-state index in [0.29, 0.717) is 5.41 Å². The molecule has 0 radical (unpaired) electrons. The van der Waals surface area contributed by atoms with Gasteiger partial charge in [0, 0.05) is 33.4 Å². The Morgan fingerprint density at radius 2 is 1.68 bits per heavy atom. The third-order valence-electron chi connectivity index (χ3n) is 2.79. The summed E-state index contributed by atoms with van der Waals surface area (Å²) in [6.45, 7) is 12.5. The Hall–Kier alpha value is -0.770. The molecule has 0 aliphatic rings. The molecular formula is C15H33N3O. The van der Waals surface area contributed by atoms with Crippen LogP contribution in [-0.4, -0.2) is 39.3 Å². The number of nitrogens with zero attached hydrogens (tertiary/aromatic N) is 1. The highest BCUT2D eigenvalue weighted by Gasteiger charge is 2.09. The second-order valence-electron chi connectivity index (χ2n) is 6.06. The van der Waals surface area contributed by atoms with Crippen molar-refractivity contribution in [3.63, 3.8) is 0 Å². The Bertz CT molecular complexity index is 234. The van der Waals surface area contributed by atoms with Crippen molar-refractivity contribution in [1.29, 1.82) is 0 Å². The van der Waals surface area contributed by atoms with E-state index >= 15 is 0 Å². The first-order chi connectivity index (χ1) is 8.99. The van der Waals surface area contributed by atoms with E-state index in [1.54, 1.807) is 0 Å². The van der Waals surface area contributed by atoms with Gasteiger partial charge in [-0.15, -0.1) is 0 Å². The molecule has 0 aromatic heterocycles. The van der Waals surface area contributed by atoms with Crippen molar-refractivity contribution in [3.05, 3.63) is 0 Å². The fourth-order valence-corrected chi connectivity index (χ4v) is 1.51. The summed E-state index contributed by atoms with van der Waals surface area (Å²) in [5.41, 5.74) is 0.360. The van der Waals surface area contributed by atoms with E-state index in [1.807, 2.05) is 7.05 Å². The second-order valence-corrected chi connectivity index (χ2v) is 6.06. The molecule has 0 aliphatic carbocycles. The minimum atomic E-state index is 0.360. The zero-order valence-corrected chi connectivity index (χ0v) is 13.5. The monoisotopic (exact) mass is 271 g/mol. The van der Waals surface area contributed by atoms with Crippen LogP contribution in [0.2, 0.25) is 0 Å². The van der Waals surface area contributed by atoms with Gasteiger partial charge >= 0.3 is 0 Å². The fourth-order valence-electron chi connectivity index (χ4n) is 1.51. The summed E-state index contributed by atoms with van der Waals surface area (Å²) >= 11 is 0. The van der Waals surface area contributed by atoms with Crippen LogP contribution in [0.1, 0.15) is 53.4 Å². The van der Waals surface area contributed by atoms with E-state index in [2.05, 4.69) is 43.3 Å². The smallest absolute Gasteiger partial charge is 0.190 e. The molecule has 0 aromatic carbocycles. The van der Waals surface area contributed by atoms with Gasteiger partial charge in [-0.25, -0.2) is 0 Å². The van der Waals surface area contributed by atoms with Crippen molar-refractivity contribution in [1.82, 2.24) is 10.6 Å². The molecule has 0 saturated carbocycles. The van der Waals surface area contributed by atoms with Gasteiger partial charge < -0.3 is 15.4 Å². The molecule has 0 bridgehead atoms. The highest BCUT2D eigenvalue weighted by Crippen LogP contribution is 2.16. The van der Waals surface area contributed by atoms with Crippen LogP contribution in [0.4, 0.5) is 0 Å². The van der Waals surface area contributed by atoms with E-state index in [9.17, 15) is 0 Å². The van der Waals surface area contributed by atoms with Gasteiger partial charge in [-0.05, 0) is 24.7 Å². The van der Waals surface area contributed by atoms with Crippen LogP contribution < -0.4 is 10.6 Å². The largest absolute Gasteiger partial charge is 0.381 e. The Morgan fingerprint density at radius 3 is 2.26 bits per heavy atom. The van der Waals surface area contributed by atoms with Gasteiger partial charge in [0.1, 0.15) is 0 Å². The molecule has 19 heavy (non-hydrogen) atoms. The van der Waals surface area contributed by atoms with Gasteiger partial charge in [0.15, 0.2) is 5.96 Å². The van der Waals surface area contributed by atoms with Crippen molar-refractivity contribution in [3.8, 4) is 0 Å². The van der Waals surface area contributed by atoms with E-state index in [-0.39, 0.29) is 0 Å². The normalized spacial score (nSPS) is 12.6. The lowest BCUT2D eigenvalue weighted by molar-refractivity contribution is 0.129. The van der Waals surface area contributed by atoms with Crippen molar-refractivity contribution in [2.45, 2.75) is 53.4 Å². The molecule has 0 aliphatic heterocycles. The molecule has 0 heterocycles. The number of unbranched alkanes of at least 4 members (excludes halogenated alkanes) is 1. The predicted octanol–water partition coefficient (Wildman–Crippen LogP) is 2.79. The third-order valence-corrected chi connectivity index (χ3v) is 2.79. The lowest BCUT2D eigenvalue weighted by Gasteiger charge is -2.19. The maximum atomic E-state index is 5.52. The molecule has 114 valence electrons. The molecule has 0 unspecified atom stereocenters. The molecule has 0 spiro atoms. The first kappa shape index (κ1) is 18.2. The van der Waals surface area contributed by atoms with Gasteiger partial charge in [0.05, 0.1) is 0 Å². The Labute approximate surface area is 119 Å². The van der Waals surface area contributed by atoms with E-state index in [4.69, 9.17) is 4.74 Å². The lowest BCUT2D eigenvalue weighted by Crippen LogP contribution is -2.39. The van der Waals surface area contributed by atoms with Gasteiger partial charge in [-0.1, -0.05) is 34.1 Å². The maximum Gasteiger partial charge on any atom is 0.190 e. The maximum absolute atomic E-state index is 5.52. The lowest BCUT2D eigenvalue weighted by atomic mass is 9.92. The van der Waals surface area contributed by atoms with Crippen LogP contribution in [-0.2, 0) is 4.74 Å². The van der Waals surface area contributed by atoms with Crippen molar-refractivity contribution in [2.75, 3.05) is 33.4 Å². The molecule has 0 rings (SSSR count). The number of aliphatic imine (C=N–C) groups is 1. The first-order valence-electron chi connectivity index (χ1n) is 7.52. The summed E-state index contributed by atoms with van der Waals surface area (Å²) in [7, 11) is 1.81. The molecule has 4 heteroatoms. The Kier molecular flexibility index (Phi) is 10.6. The topological polar surface area (TPSA) is 45.6 Å². The SMILES string of the molecule is CCCCOCCCNC(=NC)NCCC(C)(C)C. The second kappa shape index (κ2) is 11.1. The number of hydrogen-bond acceptors (Lipinski definition) is 2. The van der Waals surface area contributed by atoms with Gasteiger partial charge in [-0.2, -0.15) is 0 Å². The Balaban J connectivity index is 3.50. The molecule has 0 saturated heterocycles. The number of guanidine groups is 1. The Morgan fingerprint density at radius 1 is 1.05 bits per heavy atom. The van der Waals surface area contributed by atoms with Gasteiger partial charge in [0.25, 0.3) is 0 Å². The average Bonchev–Trinajstić information content (AvgIpc) is 2.34. The standard InChI is InChI=1S/C15H33N3O/c1-6-7-12-19-13-8-10-17-14(16-5)18-11-9-15(2,3)4/h6-13H2,1-5H3,(H2,16,17,18). The third kappa shape index (κ3) is 13.5. The van der Waals surface area contributed by atoms with Crippen molar-refractivity contribution >= 4 is 5.96 Å². The fraction of sp³-hybridized carbons (Fsp3) is 0.933. The molecule has 0 atom stereocenters. The number of nitrogens with one attached hydrogen (secondary N) is 2. The van der Waals surface area contributed by atoms with Gasteiger partial charge in [0.2, 0.25) is 0 Å². The number of hydrogen-bond donors (Lipinski definition) is 2. The summed E-state index contributed by atoms with van der Waals surface area (Å²) in [5.74, 6) is 0.887. The molecule has 2 N–H and O–H groups in total. The predicted molar refractivity (Wildman–Crippen MR) is 83.8 cm³/mol. The summed E-state index contributed by atoms with van der Waals surface area (Å²) in [4.78, 5) is 4.21. The van der Waals surface area contributed by atoms with Crippen LogP contribution in [0.3, 0.4) is 0 Å². The highest BCUT2D eigenvalue weighted by atomic mass is 16.5. The number of ether oxygens (including phenoxy) is 1. The summed E-state index contributed by atoms with van der Waals surface area (Å²) in [6, 6.07) is 0. The highest BCUT2D eigenvalue weighted by molar-refractivity contribution is 5.79. The molecule has 0 aromatic rings. The molecule has 0 amide bonds. The average molecular weight is 271 g/mol. The summed E-state index contributed by atoms with van der Waals surface area (Å²) < 4.78 is 5.52. The van der Waals surface area contributed by atoms with Crippen molar-refractivity contribution in [2.24, 2.45) is 10.4 Å². The minimum Gasteiger partial charge on any atom is -0.381 e. The van der Waals surface area contributed by atoms with Gasteiger partial charge in [-0.3, -0.25) is 4.99 Å². The van der Waals surface area contributed by atoms with E-state index in [0.717, 1.165) is 51.5 Å². The quantitative estimate of drug-likeness (QED) is 0.385. The van der Waals surface area contributed by atoms with E-state index < -0.39 is 0 Å². The van der Waals surface area contributed by atoms with Crippen LogP contribution in [0, 0.1) is 5.41 Å². The van der Waals surface area contributed by atoms with Crippen LogP contribution in [0.25, 0.3) is 0 Å². The summed E-state index contributed by atoms with van der Waals surface area (Å²) in [6.07, 6.45) is 4.50. The number of rotatable bonds is 9. The summed E-state index contributed by atoms with van der Waals surface area (Å²) in [5, 5.41) is 6.64. The first-order valence-corrected chi connectivity index (χ1v) is 7.52.